The summed E-state index contributed by atoms with van der Waals surface area (Å²) in [5, 5.41) is 0. The van der Waals surface area contributed by atoms with E-state index in [9.17, 15) is 0 Å². The van der Waals surface area contributed by atoms with Crippen LogP contribution in [0.1, 0.15) is 0 Å². The van der Waals surface area contributed by atoms with Gasteiger partial charge in [-0.3, -0.25) is 0 Å². The molecule has 0 aromatic carbocycles. The number of rotatable bonds is 2. The van der Waals surface area contributed by atoms with E-state index in [2.05, 4.69) is 6.57 Å². The first-order chi connectivity index (χ1) is 2.41. The second kappa shape index (κ2) is 5.52. The van der Waals surface area contributed by atoms with Crippen molar-refractivity contribution >= 4 is 48.7 Å². The minimum atomic E-state index is 0.0556. The summed E-state index contributed by atoms with van der Waals surface area (Å²) in [5.74, 6) is 0. The molecular formula is H7Al3N2. The monoisotopic (exact) mass is 116 g/mol. The van der Waals surface area contributed by atoms with Gasteiger partial charge in [-0.25, -0.2) is 0 Å². The zero-order valence-electron chi connectivity index (χ0n) is 3.71. The summed E-state index contributed by atoms with van der Waals surface area (Å²) in [6, 6.07) is 0. The molecule has 0 saturated heterocycles. The fourth-order valence-electron chi connectivity index (χ4n) is 0.177. The molecule has 2 nitrogen and oxygen atoms in total. The molecule has 0 radical (unpaired) electrons. The Hall–Kier alpha value is 1.52. The smallest absolute Gasteiger partial charge is 0.411 e. The third-order valence-corrected chi connectivity index (χ3v) is 3.18. The van der Waals surface area contributed by atoms with E-state index < -0.39 is 0 Å². The molecule has 0 bridgehead atoms. The van der Waals surface area contributed by atoms with Gasteiger partial charge in [0.05, 0.1) is 0 Å². The van der Waals surface area contributed by atoms with E-state index in [0.29, 0.717) is 0 Å². The van der Waals surface area contributed by atoms with E-state index in [4.69, 9.17) is 0 Å². The molecule has 0 aliphatic heterocycles. The topological polar surface area (TPSA) is 24.1 Å². The number of nitrogens with one attached hydrogen (secondary N) is 2. The van der Waals surface area contributed by atoms with Crippen molar-refractivity contribution in [3.63, 3.8) is 0 Å². The second-order valence-corrected chi connectivity index (χ2v) is 6.89. The van der Waals surface area contributed by atoms with Crippen molar-refractivity contribution in [1.82, 2.24) is 6.57 Å². The molecule has 5 heteroatoms. The molecule has 0 atom stereocenters. The molecule has 0 amide bonds. The summed E-state index contributed by atoms with van der Waals surface area (Å²) in [5.41, 5.74) is 0. The van der Waals surface area contributed by atoms with Crippen molar-refractivity contribution in [2.75, 3.05) is 0 Å². The minimum Gasteiger partial charge on any atom is -0.481 e. The Balaban J connectivity index is 2.19. The highest BCUT2D eigenvalue weighted by molar-refractivity contribution is 6.46. The van der Waals surface area contributed by atoms with Crippen molar-refractivity contribution < 1.29 is 0 Å². The Labute approximate surface area is 55.1 Å². The predicted octanol–water partition coefficient (Wildman–Crippen LogP) is -3.47. The minimum absolute atomic E-state index is 0.0556. The Kier molecular flexibility index (Phi) is 7.19. The van der Waals surface area contributed by atoms with Crippen molar-refractivity contribution in [3.05, 3.63) is 0 Å². The average molecular weight is 116 g/mol. The van der Waals surface area contributed by atoms with Gasteiger partial charge in [-0.2, -0.15) is 0 Å². The molecule has 0 aromatic rings. The Morgan fingerprint density at radius 2 is 1.60 bits per heavy atom. The van der Waals surface area contributed by atoms with Gasteiger partial charge < -0.3 is 6.57 Å². The highest BCUT2D eigenvalue weighted by atomic mass is 27.2. The van der Waals surface area contributed by atoms with Crippen molar-refractivity contribution in [1.29, 1.82) is 0 Å². The van der Waals surface area contributed by atoms with Crippen molar-refractivity contribution in [2.45, 2.75) is 0 Å². The standard InChI is InChI=1S/3Al.2HN.5H/h;;;2*1H;;;;;. The molecule has 0 rings (SSSR count). The highest BCUT2D eigenvalue weighted by Crippen LogP contribution is 1.20. The van der Waals surface area contributed by atoms with Crippen LogP contribution < -0.4 is 6.57 Å². The maximum Gasteiger partial charge on any atom is 0.411 e. The van der Waals surface area contributed by atoms with Crippen LogP contribution in [0.5, 0.6) is 0 Å². The van der Waals surface area contributed by atoms with E-state index >= 15 is 0 Å². The average Bonchev–Trinajstić information content (AvgIpc) is 1.41. The lowest BCUT2D eigenvalue weighted by molar-refractivity contribution is 1.47. The van der Waals surface area contributed by atoms with E-state index in [1.807, 2.05) is 0 Å². The van der Waals surface area contributed by atoms with Crippen LogP contribution >= 0.6 is 0 Å². The molecule has 0 spiro atoms. The van der Waals surface area contributed by atoms with Gasteiger partial charge in [0.1, 0.15) is 0 Å². The quantitative estimate of drug-likeness (QED) is 0.366. The van der Waals surface area contributed by atoms with Gasteiger partial charge >= 0.3 is 15.7 Å². The normalized spacial score (nSPS) is 7.20. The Bertz CT molecular complexity index is 12.4. The summed E-state index contributed by atoms with van der Waals surface area (Å²) in [6.07, 6.45) is 0. The predicted molar refractivity (Wildman–Crippen MR) is 30.5 cm³/mol. The van der Waals surface area contributed by atoms with Crippen LogP contribution in [0, 0.1) is 0 Å². The van der Waals surface area contributed by atoms with E-state index in [0.717, 1.165) is 0 Å². The van der Waals surface area contributed by atoms with Crippen LogP contribution in [0.4, 0.5) is 0 Å². The molecule has 0 saturated carbocycles. The molecule has 0 fully saturated rings. The third-order valence-electron chi connectivity index (χ3n) is 0.354. The van der Waals surface area contributed by atoms with Crippen molar-refractivity contribution in [3.8, 4) is 0 Å². The SMILES string of the molecule is [AlH2][NH][AlH][NH][AlH2]. The van der Waals surface area contributed by atoms with E-state index in [1.54, 1.807) is 0 Å². The molecule has 0 aliphatic carbocycles. The van der Waals surface area contributed by atoms with Crippen LogP contribution in [0.25, 0.3) is 0 Å². The highest BCUT2D eigenvalue weighted by Gasteiger charge is 1.73. The first kappa shape index (κ1) is 6.52. The molecule has 5 heavy (non-hydrogen) atoms. The lowest BCUT2D eigenvalue weighted by Gasteiger charge is -1.84. The first-order valence-corrected chi connectivity index (χ1v) is 5.12. The zero-order chi connectivity index (χ0) is 4.12. The van der Waals surface area contributed by atoms with Gasteiger partial charge in [0.2, 0.25) is 0 Å². The maximum absolute atomic E-state index is 3.22. The third kappa shape index (κ3) is 5.52. The lowest BCUT2D eigenvalue weighted by Crippen LogP contribution is -2.28. The van der Waals surface area contributed by atoms with Crippen LogP contribution in [-0.4, -0.2) is 48.7 Å². The fourth-order valence-corrected chi connectivity index (χ4v) is 4.77. The van der Waals surface area contributed by atoms with E-state index in [1.165, 1.54) is 33.0 Å². The maximum atomic E-state index is 3.22. The first-order valence-electron chi connectivity index (χ1n) is 1.71. The van der Waals surface area contributed by atoms with Gasteiger partial charge in [0.15, 0.2) is 0 Å². The molecular weight excluding hydrogens is 109 g/mol. The van der Waals surface area contributed by atoms with Gasteiger partial charge in [0, 0.05) is 0 Å². The van der Waals surface area contributed by atoms with Gasteiger partial charge in [-0.15, -0.1) is 0 Å². The second-order valence-electron chi connectivity index (χ2n) is 0.884. The summed E-state index contributed by atoms with van der Waals surface area (Å²) in [7, 11) is 0. The Morgan fingerprint density at radius 1 is 1.20 bits per heavy atom. The van der Waals surface area contributed by atoms with Crippen LogP contribution in [0.2, 0.25) is 0 Å². The van der Waals surface area contributed by atoms with Gasteiger partial charge in [-0.1, -0.05) is 0 Å². The zero-order valence-corrected chi connectivity index (χ0v) is 9.12. The molecule has 0 aliphatic rings. The van der Waals surface area contributed by atoms with Gasteiger partial charge in [0.25, 0.3) is 33.0 Å². The molecule has 0 heterocycles. The molecule has 0 aromatic heterocycles. The van der Waals surface area contributed by atoms with Crippen LogP contribution in [0.3, 0.4) is 0 Å². The summed E-state index contributed by atoms with van der Waals surface area (Å²) < 4.78 is 6.44. The van der Waals surface area contributed by atoms with E-state index in [-0.39, 0.29) is 15.7 Å². The summed E-state index contributed by atoms with van der Waals surface area (Å²) >= 11 is 2.40. The largest absolute Gasteiger partial charge is 0.481 e. The van der Waals surface area contributed by atoms with Crippen molar-refractivity contribution in [2.24, 2.45) is 0 Å². The lowest BCUT2D eigenvalue weighted by atomic mass is 13.8. The van der Waals surface area contributed by atoms with Crippen LogP contribution in [-0.2, 0) is 0 Å². The van der Waals surface area contributed by atoms with Gasteiger partial charge in [-0.05, 0) is 0 Å². The Morgan fingerprint density at radius 3 is 1.60 bits per heavy atom. The fraction of sp³-hybridized carbons (Fsp3) is 0. The molecule has 0 unspecified atom stereocenters. The number of hydrogen-bond donors (Lipinski definition) is 2. The van der Waals surface area contributed by atoms with Crippen LogP contribution in [0.15, 0.2) is 0 Å². The molecule has 2 N–H and O–H groups in total. The number of hydrogen-bond acceptors (Lipinski definition) is 2. The summed E-state index contributed by atoms with van der Waals surface area (Å²) in [6.45, 7) is 0. The summed E-state index contributed by atoms with van der Waals surface area (Å²) in [4.78, 5) is 0. The molecule has 26 valence electrons.